The first-order valence-electron chi connectivity index (χ1n) is 6.83. The normalized spacial score (nSPS) is 29.9. The van der Waals surface area contributed by atoms with E-state index in [-0.39, 0.29) is 0 Å². The highest BCUT2D eigenvalue weighted by atomic mass is 16.4. The molecule has 3 aliphatic rings. The first-order chi connectivity index (χ1) is 8.43. The van der Waals surface area contributed by atoms with Gasteiger partial charge in [-0.05, 0) is 21.0 Å². The number of carbonyl (C=O) groups excluding carboxylic acids is 1. The van der Waals surface area contributed by atoms with Crippen LogP contribution in [0.2, 0.25) is 0 Å². The van der Waals surface area contributed by atoms with Gasteiger partial charge in [0.25, 0.3) is 0 Å². The quantitative estimate of drug-likeness (QED) is 0.596. The van der Waals surface area contributed by atoms with Crippen LogP contribution in [0, 0.1) is 0 Å². The van der Waals surface area contributed by atoms with Crippen LogP contribution in [0.5, 0.6) is 0 Å². The molecule has 0 unspecified atom stereocenters. The van der Waals surface area contributed by atoms with E-state index in [4.69, 9.17) is 9.90 Å². The van der Waals surface area contributed by atoms with Crippen molar-refractivity contribution in [3.8, 4) is 0 Å². The van der Waals surface area contributed by atoms with Gasteiger partial charge in [-0.15, -0.1) is 0 Å². The molecule has 0 spiro atoms. The van der Waals surface area contributed by atoms with E-state index < -0.39 is 5.97 Å². The maximum Gasteiger partial charge on any atom is 0.0916 e. The Labute approximate surface area is 111 Å². The summed E-state index contributed by atoms with van der Waals surface area (Å²) in [5, 5.41) is 8.89. The molecule has 0 amide bonds. The number of fused-ring (bicyclic) bond motifs is 3. The number of nitrogens with zero attached hydrogens (tertiary/aromatic N) is 3. The van der Waals surface area contributed by atoms with Crippen molar-refractivity contribution in [2.45, 2.75) is 13.3 Å². The van der Waals surface area contributed by atoms with Crippen molar-refractivity contribution in [1.82, 2.24) is 9.80 Å². The summed E-state index contributed by atoms with van der Waals surface area (Å²) in [4.78, 5) is 13.8. The van der Waals surface area contributed by atoms with Crippen LogP contribution < -0.4 is 5.11 Å². The van der Waals surface area contributed by atoms with Crippen molar-refractivity contribution in [3.63, 3.8) is 0 Å². The van der Waals surface area contributed by atoms with E-state index in [1.54, 1.807) is 0 Å². The Morgan fingerprint density at radius 3 is 2.06 bits per heavy atom. The Hall–Kier alpha value is -0.650. The zero-order valence-corrected chi connectivity index (χ0v) is 12.0. The van der Waals surface area contributed by atoms with Crippen LogP contribution in [0.3, 0.4) is 0 Å². The van der Waals surface area contributed by atoms with E-state index >= 15 is 0 Å². The maximum absolute atomic E-state index is 8.89. The van der Waals surface area contributed by atoms with Crippen LogP contribution in [0.15, 0.2) is 0 Å². The van der Waals surface area contributed by atoms with E-state index in [0.717, 1.165) is 6.92 Å². The minimum Gasteiger partial charge on any atom is -0.550 e. The molecular weight excluding hydrogens is 230 g/mol. The number of carboxylic acid groups (broad SMARTS) is 1. The summed E-state index contributed by atoms with van der Waals surface area (Å²) in [5.41, 5.74) is 0. The highest BCUT2D eigenvalue weighted by molar-refractivity contribution is 5.60. The monoisotopic (exact) mass is 257 g/mol. The van der Waals surface area contributed by atoms with Gasteiger partial charge in [-0.2, -0.15) is 0 Å². The average Bonchev–Trinajstić information content (AvgIpc) is 2.30. The first-order valence-corrected chi connectivity index (χ1v) is 6.83. The van der Waals surface area contributed by atoms with Crippen LogP contribution >= 0.6 is 0 Å². The summed E-state index contributed by atoms with van der Waals surface area (Å²) in [6.07, 6.45) is 1.37. The molecule has 0 aromatic rings. The molecular formula is C13H27N3O2. The molecule has 0 radical (unpaired) electrons. The highest BCUT2D eigenvalue weighted by Gasteiger charge is 2.37. The van der Waals surface area contributed by atoms with Gasteiger partial charge in [-0.25, -0.2) is 0 Å². The molecule has 0 aliphatic carbocycles. The molecule has 0 N–H and O–H groups in total. The van der Waals surface area contributed by atoms with Crippen LogP contribution in [0.4, 0.5) is 0 Å². The Kier molecular flexibility index (Phi) is 6.05. The lowest BCUT2D eigenvalue weighted by atomic mass is 10.1. The molecule has 3 saturated heterocycles. The lowest BCUT2D eigenvalue weighted by molar-refractivity contribution is -0.941. The first kappa shape index (κ1) is 15.4. The lowest BCUT2D eigenvalue weighted by Gasteiger charge is -2.50. The highest BCUT2D eigenvalue weighted by Crippen LogP contribution is 2.19. The Morgan fingerprint density at radius 2 is 1.67 bits per heavy atom. The average molecular weight is 257 g/mol. The smallest absolute Gasteiger partial charge is 0.0916 e. The van der Waals surface area contributed by atoms with Crippen molar-refractivity contribution in [2.24, 2.45) is 0 Å². The van der Waals surface area contributed by atoms with E-state index in [1.165, 1.54) is 63.3 Å². The van der Waals surface area contributed by atoms with Crippen molar-refractivity contribution in [3.05, 3.63) is 0 Å². The third-order valence-corrected chi connectivity index (χ3v) is 3.91. The van der Waals surface area contributed by atoms with Gasteiger partial charge in [0.1, 0.15) is 0 Å². The molecule has 0 saturated carbocycles. The molecule has 3 aliphatic heterocycles. The minimum absolute atomic E-state index is 0.972. The fourth-order valence-corrected chi connectivity index (χ4v) is 2.79. The Balaban J connectivity index is 0.000000357. The molecule has 0 aromatic heterocycles. The summed E-state index contributed by atoms with van der Waals surface area (Å²) in [6, 6.07) is 0. The van der Waals surface area contributed by atoms with Gasteiger partial charge in [-0.3, -0.25) is 4.90 Å². The number of piperazine rings is 3. The van der Waals surface area contributed by atoms with Gasteiger partial charge in [0.2, 0.25) is 0 Å². The number of hydrogen-bond donors (Lipinski definition) is 0. The van der Waals surface area contributed by atoms with Gasteiger partial charge in [0, 0.05) is 38.6 Å². The molecule has 3 rings (SSSR count). The molecule has 5 heteroatoms. The molecule has 5 nitrogen and oxygen atoms in total. The number of carboxylic acids is 1. The fourth-order valence-electron chi connectivity index (χ4n) is 2.79. The van der Waals surface area contributed by atoms with Crippen LogP contribution in [-0.2, 0) is 4.79 Å². The summed E-state index contributed by atoms with van der Waals surface area (Å²) in [7, 11) is 4.35. The van der Waals surface area contributed by atoms with Gasteiger partial charge < -0.3 is 19.3 Å². The zero-order valence-electron chi connectivity index (χ0n) is 12.0. The van der Waals surface area contributed by atoms with E-state index in [1.807, 2.05) is 0 Å². The van der Waals surface area contributed by atoms with Crippen molar-refractivity contribution in [2.75, 3.05) is 66.5 Å². The number of quaternary nitrogens is 1. The van der Waals surface area contributed by atoms with Crippen molar-refractivity contribution in [1.29, 1.82) is 0 Å². The summed E-state index contributed by atoms with van der Waals surface area (Å²) in [5.74, 6) is -1.08. The lowest BCUT2D eigenvalue weighted by Crippen LogP contribution is -2.67. The van der Waals surface area contributed by atoms with Crippen molar-refractivity contribution >= 4 is 5.97 Å². The maximum atomic E-state index is 8.89. The summed E-state index contributed by atoms with van der Waals surface area (Å²) in [6.45, 7) is 11.9. The van der Waals surface area contributed by atoms with Gasteiger partial charge in [-0.1, -0.05) is 0 Å². The standard InChI is InChI=1S/C11H24N3.C2H4O2/c1-12(2)4-3-8-14-9-5-13(6-10-14)7-11-14;1-2(3)4/h3-11H2,1-2H3;1H3,(H,3,4)/q+1;/p-1. The summed E-state index contributed by atoms with van der Waals surface area (Å²) < 4.78 is 1.42. The molecule has 18 heavy (non-hydrogen) atoms. The predicted molar refractivity (Wildman–Crippen MR) is 70.0 cm³/mol. The van der Waals surface area contributed by atoms with E-state index in [9.17, 15) is 0 Å². The molecule has 2 bridgehead atoms. The fraction of sp³-hybridized carbons (Fsp3) is 0.923. The number of aliphatic carboxylic acids is 1. The van der Waals surface area contributed by atoms with Crippen LogP contribution in [0.25, 0.3) is 0 Å². The molecule has 3 fully saturated rings. The summed E-state index contributed by atoms with van der Waals surface area (Å²) >= 11 is 0. The number of hydrogen-bond acceptors (Lipinski definition) is 4. The Bertz CT molecular complexity index is 243. The van der Waals surface area contributed by atoms with Crippen LogP contribution in [0.1, 0.15) is 13.3 Å². The predicted octanol–water partition coefficient (Wildman–Crippen LogP) is -1.16. The van der Waals surface area contributed by atoms with Crippen LogP contribution in [-0.4, -0.2) is 86.7 Å². The van der Waals surface area contributed by atoms with Crippen molar-refractivity contribution < 1.29 is 14.4 Å². The zero-order chi connectivity index (χ0) is 13.6. The molecule has 106 valence electrons. The molecule has 0 aromatic carbocycles. The number of carbonyl (C=O) groups is 1. The second-order valence-corrected chi connectivity index (χ2v) is 5.73. The Morgan fingerprint density at radius 1 is 1.22 bits per heavy atom. The molecule has 3 heterocycles. The van der Waals surface area contributed by atoms with Gasteiger partial charge >= 0.3 is 0 Å². The third kappa shape index (κ3) is 5.33. The molecule has 0 atom stereocenters. The van der Waals surface area contributed by atoms with Gasteiger partial charge in [0.15, 0.2) is 0 Å². The van der Waals surface area contributed by atoms with E-state index in [0.29, 0.717) is 0 Å². The van der Waals surface area contributed by atoms with Gasteiger partial charge in [0.05, 0.1) is 26.2 Å². The second-order valence-electron chi connectivity index (χ2n) is 5.73. The second kappa shape index (κ2) is 7.07. The largest absolute Gasteiger partial charge is 0.550 e. The number of rotatable bonds is 4. The minimum atomic E-state index is -1.08. The SMILES string of the molecule is CC(=O)[O-].CN(C)CCC[N+]12CCN(CC1)CC2. The topological polar surface area (TPSA) is 46.6 Å². The van der Waals surface area contributed by atoms with E-state index in [2.05, 4.69) is 23.9 Å². The third-order valence-electron chi connectivity index (χ3n) is 3.91.